The number of hydrogen-bond acceptors (Lipinski definition) is 5. The first-order valence-electron chi connectivity index (χ1n) is 8.78. The highest BCUT2D eigenvalue weighted by Crippen LogP contribution is 2.17. The maximum absolute atomic E-state index is 13.0. The van der Waals surface area contributed by atoms with Gasteiger partial charge in [-0.3, -0.25) is 19.8 Å². The molecular formula is C19H21FN4O3. The van der Waals surface area contributed by atoms with Crippen LogP contribution in [0.15, 0.2) is 48.5 Å². The van der Waals surface area contributed by atoms with Crippen molar-refractivity contribution in [3.8, 4) is 0 Å². The molecule has 0 aromatic heterocycles. The lowest BCUT2D eigenvalue weighted by Gasteiger charge is -2.36. The van der Waals surface area contributed by atoms with E-state index in [2.05, 4.69) is 15.1 Å². The van der Waals surface area contributed by atoms with E-state index >= 15 is 0 Å². The van der Waals surface area contributed by atoms with Gasteiger partial charge in [-0.1, -0.05) is 6.07 Å². The first-order chi connectivity index (χ1) is 13.0. The topological polar surface area (TPSA) is 78.7 Å². The minimum Gasteiger partial charge on any atom is -0.369 e. The second kappa shape index (κ2) is 8.59. The lowest BCUT2D eigenvalue weighted by molar-refractivity contribution is -0.384. The smallest absolute Gasteiger partial charge is 0.270 e. The summed E-state index contributed by atoms with van der Waals surface area (Å²) in [5.41, 5.74) is 1.19. The molecule has 1 amide bonds. The first kappa shape index (κ1) is 18.8. The summed E-state index contributed by atoms with van der Waals surface area (Å²) in [4.78, 5) is 26.9. The Balaban J connectivity index is 1.42. The Kier molecular flexibility index (Phi) is 5.97. The van der Waals surface area contributed by atoms with Crippen LogP contribution in [0.5, 0.6) is 0 Å². The highest BCUT2D eigenvalue weighted by Gasteiger charge is 2.17. The molecule has 27 heavy (non-hydrogen) atoms. The van der Waals surface area contributed by atoms with Crippen molar-refractivity contribution in [2.75, 3.05) is 44.2 Å². The summed E-state index contributed by atoms with van der Waals surface area (Å²) in [6.07, 6.45) is 0. The van der Waals surface area contributed by atoms with Gasteiger partial charge in [-0.15, -0.1) is 0 Å². The number of nitrogens with one attached hydrogen (secondary N) is 1. The lowest BCUT2D eigenvalue weighted by atomic mass is 10.2. The molecular weight excluding hydrogens is 351 g/mol. The Morgan fingerprint density at radius 2 is 1.81 bits per heavy atom. The third-order valence-electron chi connectivity index (χ3n) is 4.60. The summed E-state index contributed by atoms with van der Waals surface area (Å²) >= 11 is 0. The SMILES string of the molecule is O=C(NCCN1CCN(c2ccc(F)cc2)CC1)c1cccc([N+](=O)[O-])c1. The minimum absolute atomic E-state index is 0.0976. The van der Waals surface area contributed by atoms with Crippen LogP contribution in [-0.4, -0.2) is 55.0 Å². The third-order valence-corrected chi connectivity index (χ3v) is 4.60. The number of benzene rings is 2. The van der Waals surface area contributed by atoms with Gasteiger partial charge in [0, 0.05) is 62.7 Å². The summed E-state index contributed by atoms with van der Waals surface area (Å²) < 4.78 is 13.0. The fourth-order valence-electron chi connectivity index (χ4n) is 3.07. The number of nitro benzene ring substituents is 1. The van der Waals surface area contributed by atoms with Gasteiger partial charge in [0.25, 0.3) is 11.6 Å². The molecule has 0 unspecified atom stereocenters. The van der Waals surface area contributed by atoms with E-state index in [1.807, 2.05) is 0 Å². The molecule has 0 bridgehead atoms. The summed E-state index contributed by atoms with van der Waals surface area (Å²) in [5.74, 6) is -0.555. The van der Waals surface area contributed by atoms with Crippen molar-refractivity contribution in [3.63, 3.8) is 0 Å². The number of amides is 1. The Hall–Kier alpha value is -3.00. The van der Waals surface area contributed by atoms with Gasteiger partial charge in [0.1, 0.15) is 5.82 Å². The van der Waals surface area contributed by atoms with Gasteiger partial charge in [0.2, 0.25) is 0 Å². The number of carbonyl (C=O) groups is 1. The van der Waals surface area contributed by atoms with Gasteiger partial charge in [-0.05, 0) is 30.3 Å². The molecule has 7 nitrogen and oxygen atoms in total. The Morgan fingerprint density at radius 3 is 2.48 bits per heavy atom. The highest BCUT2D eigenvalue weighted by molar-refractivity contribution is 5.94. The second-order valence-corrected chi connectivity index (χ2v) is 6.37. The van der Waals surface area contributed by atoms with Crippen LogP contribution in [-0.2, 0) is 0 Å². The zero-order chi connectivity index (χ0) is 19.2. The first-order valence-corrected chi connectivity index (χ1v) is 8.78. The van der Waals surface area contributed by atoms with Crippen LogP contribution in [0.3, 0.4) is 0 Å². The molecule has 0 radical (unpaired) electrons. The molecule has 1 aliphatic heterocycles. The van der Waals surface area contributed by atoms with Gasteiger partial charge in [-0.2, -0.15) is 0 Å². The number of halogens is 1. The van der Waals surface area contributed by atoms with Gasteiger partial charge in [0.05, 0.1) is 4.92 Å². The third kappa shape index (κ3) is 5.01. The van der Waals surface area contributed by atoms with E-state index in [9.17, 15) is 19.3 Å². The predicted octanol–water partition coefficient (Wildman–Crippen LogP) is 2.29. The standard InChI is InChI=1S/C19H21FN4O3/c20-16-4-6-17(7-5-16)23-12-10-22(11-13-23)9-8-21-19(25)15-2-1-3-18(14-15)24(26)27/h1-7,14H,8-13H2,(H,21,25). The van der Waals surface area contributed by atoms with Gasteiger partial charge in [-0.25, -0.2) is 4.39 Å². The molecule has 0 saturated carbocycles. The molecule has 2 aromatic carbocycles. The molecule has 1 saturated heterocycles. The summed E-state index contributed by atoms with van der Waals surface area (Å²) in [5, 5.41) is 13.6. The molecule has 2 aromatic rings. The molecule has 3 rings (SSSR count). The normalized spacial score (nSPS) is 14.8. The predicted molar refractivity (Wildman–Crippen MR) is 100 cm³/mol. The van der Waals surface area contributed by atoms with Gasteiger partial charge < -0.3 is 10.2 Å². The zero-order valence-electron chi connectivity index (χ0n) is 14.8. The van der Waals surface area contributed by atoms with E-state index in [0.717, 1.165) is 31.9 Å². The second-order valence-electron chi connectivity index (χ2n) is 6.37. The van der Waals surface area contributed by atoms with Crippen molar-refractivity contribution in [2.24, 2.45) is 0 Å². The number of anilines is 1. The number of rotatable bonds is 6. The van der Waals surface area contributed by atoms with E-state index in [0.29, 0.717) is 13.1 Å². The number of carbonyl (C=O) groups excluding carboxylic acids is 1. The van der Waals surface area contributed by atoms with Crippen LogP contribution in [0.2, 0.25) is 0 Å². The van der Waals surface area contributed by atoms with Crippen molar-refractivity contribution >= 4 is 17.3 Å². The van der Waals surface area contributed by atoms with Gasteiger partial charge >= 0.3 is 0 Å². The fraction of sp³-hybridized carbons (Fsp3) is 0.316. The van der Waals surface area contributed by atoms with Crippen LogP contribution in [0.4, 0.5) is 15.8 Å². The Labute approximate surface area is 156 Å². The monoisotopic (exact) mass is 372 g/mol. The highest BCUT2D eigenvalue weighted by atomic mass is 19.1. The van der Waals surface area contributed by atoms with E-state index < -0.39 is 4.92 Å². The average molecular weight is 372 g/mol. The largest absolute Gasteiger partial charge is 0.369 e. The number of piperazine rings is 1. The Bertz CT molecular complexity index is 805. The van der Waals surface area contributed by atoms with Crippen LogP contribution >= 0.6 is 0 Å². The molecule has 0 atom stereocenters. The Morgan fingerprint density at radius 1 is 1.11 bits per heavy atom. The van der Waals surface area contributed by atoms with Crippen molar-refractivity contribution in [3.05, 3.63) is 70.0 Å². The number of nitrogens with zero attached hydrogens (tertiary/aromatic N) is 3. The van der Waals surface area contributed by atoms with E-state index in [1.54, 1.807) is 18.2 Å². The number of hydrogen-bond donors (Lipinski definition) is 1. The maximum Gasteiger partial charge on any atom is 0.270 e. The van der Waals surface area contributed by atoms with E-state index in [-0.39, 0.29) is 23.0 Å². The van der Waals surface area contributed by atoms with E-state index in [4.69, 9.17) is 0 Å². The van der Waals surface area contributed by atoms with Crippen molar-refractivity contribution in [1.82, 2.24) is 10.2 Å². The molecule has 1 fully saturated rings. The van der Waals surface area contributed by atoms with Crippen molar-refractivity contribution in [2.45, 2.75) is 0 Å². The van der Waals surface area contributed by atoms with Crippen LogP contribution in [0, 0.1) is 15.9 Å². The number of nitro groups is 1. The molecule has 0 spiro atoms. The minimum atomic E-state index is -0.516. The molecule has 1 heterocycles. The summed E-state index contributed by atoms with van der Waals surface area (Å²) in [6, 6.07) is 12.2. The summed E-state index contributed by atoms with van der Waals surface area (Å²) in [7, 11) is 0. The molecule has 1 N–H and O–H groups in total. The van der Waals surface area contributed by atoms with E-state index in [1.165, 1.54) is 30.3 Å². The van der Waals surface area contributed by atoms with Crippen LogP contribution in [0.1, 0.15) is 10.4 Å². The van der Waals surface area contributed by atoms with Crippen LogP contribution in [0.25, 0.3) is 0 Å². The average Bonchev–Trinajstić information content (AvgIpc) is 2.69. The summed E-state index contributed by atoms with van der Waals surface area (Å²) in [6.45, 7) is 4.55. The molecule has 142 valence electrons. The lowest BCUT2D eigenvalue weighted by Crippen LogP contribution is -2.48. The molecule has 1 aliphatic rings. The molecule has 8 heteroatoms. The zero-order valence-corrected chi connectivity index (χ0v) is 14.8. The fourth-order valence-corrected chi connectivity index (χ4v) is 3.07. The quantitative estimate of drug-likeness (QED) is 0.622. The van der Waals surface area contributed by atoms with Crippen molar-refractivity contribution < 1.29 is 14.1 Å². The molecule has 0 aliphatic carbocycles. The van der Waals surface area contributed by atoms with Crippen LogP contribution < -0.4 is 10.2 Å². The van der Waals surface area contributed by atoms with Crippen molar-refractivity contribution in [1.29, 1.82) is 0 Å². The maximum atomic E-state index is 13.0. The number of non-ortho nitro benzene ring substituents is 1. The van der Waals surface area contributed by atoms with Gasteiger partial charge in [0.15, 0.2) is 0 Å².